The molecule has 0 aliphatic heterocycles. The minimum Gasteiger partial charge on any atom is -0.321 e. The molecule has 0 bridgehead atoms. The zero-order chi connectivity index (χ0) is 19.5. The maximum absolute atomic E-state index is 12.7. The van der Waals surface area contributed by atoms with Gasteiger partial charge in [0.15, 0.2) is 0 Å². The molecule has 0 radical (unpaired) electrons. The summed E-state index contributed by atoms with van der Waals surface area (Å²) in [6.07, 6.45) is 0. The third-order valence-corrected chi connectivity index (χ3v) is 7.08. The van der Waals surface area contributed by atoms with E-state index >= 15 is 0 Å². The van der Waals surface area contributed by atoms with Crippen molar-refractivity contribution < 1.29 is 13.2 Å². The van der Waals surface area contributed by atoms with Crippen LogP contribution in [0.3, 0.4) is 0 Å². The van der Waals surface area contributed by atoms with Crippen LogP contribution in [0, 0.1) is 6.92 Å². The van der Waals surface area contributed by atoms with Crippen LogP contribution in [-0.2, 0) is 10.0 Å². The molecule has 0 spiro atoms. The highest BCUT2D eigenvalue weighted by Crippen LogP contribution is 2.27. The fourth-order valence-corrected chi connectivity index (χ4v) is 5.01. The van der Waals surface area contributed by atoms with E-state index in [-0.39, 0.29) is 15.5 Å². The fourth-order valence-electron chi connectivity index (χ4n) is 2.46. The molecule has 140 valence electrons. The Morgan fingerprint density at radius 2 is 1.81 bits per heavy atom. The average Bonchev–Trinajstić information content (AvgIpc) is 2.58. The first-order valence-corrected chi connectivity index (χ1v) is 10.7. The molecule has 0 aliphatic rings. The van der Waals surface area contributed by atoms with E-state index in [1.165, 1.54) is 22.5 Å². The number of benzene rings is 2. The van der Waals surface area contributed by atoms with Gasteiger partial charge in [0.25, 0.3) is 5.91 Å². The molecule has 26 heavy (non-hydrogen) atoms. The summed E-state index contributed by atoms with van der Waals surface area (Å²) in [7, 11) is -3.76. The van der Waals surface area contributed by atoms with Gasteiger partial charge in [0.05, 0.1) is 10.7 Å². The molecular formula is C18H20BrClN2O3S. The van der Waals surface area contributed by atoms with Crippen LogP contribution in [-0.4, -0.2) is 31.7 Å². The quantitative estimate of drug-likeness (QED) is 0.681. The van der Waals surface area contributed by atoms with Gasteiger partial charge in [-0.3, -0.25) is 4.79 Å². The van der Waals surface area contributed by atoms with E-state index in [9.17, 15) is 13.2 Å². The van der Waals surface area contributed by atoms with Gasteiger partial charge in [0, 0.05) is 23.1 Å². The summed E-state index contributed by atoms with van der Waals surface area (Å²) in [4.78, 5) is 12.5. The molecule has 2 aromatic carbocycles. The predicted molar refractivity (Wildman–Crippen MR) is 108 cm³/mol. The molecule has 8 heteroatoms. The van der Waals surface area contributed by atoms with E-state index in [2.05, 4.69) is 21.2 Å². The fraction of sp³-hybridized carbons (Fsp3) is 0.278. The summed E-state index contributed by atoms with van der Waals surface area (Å²) < 4.78 is 27.5. The van der Waals surface area contributed by atoms with Crippen molar-refractivity contribution in [2.75, 3.05) is 18.4 Å². The van der Waals surface area contributed by atoms with Gasteiger partial charge in [-0.05, 0) is 58.7 Å². The molecule has 0 aliphatic carbocycles. The van der Waals surface area contributed by atoms with Crippen molar-refractivity contribution in [1.82, 2.24) is 4.31 Å². The van der Waals surface area contributed by atoms with Gasteiger partial charge < -0.3 is 5.32 Å². The average molecular weight is 460 g/mol. The Bertz CT molecular complexity index is 928. The number of aryl methyl sites for hydroxylation is 1. The van der Waals surface area contributed by atoms with Crippen LogP contribution in [0.4, 0.5) is 5.69 Å². The van der Waals surface area contributed by atoms with Crippen LogP contribution >= 0.6 is 27.5 Å². The maximum Gasteiger partial charge on any atom is 0.255 e. The van der Waals surface area contributed by atoms with E-state index in [1.807, 2.05) is 19.1 Å². The first kappa shape index (κ1) is 20.9. The summed E-state index contributed by atoms with van der Waals surface area (Å²) in [5, 5.41) is 2.86. The second-order valence-electron chi connectivity index (χ2n) is 5.67. The number of carbonyl (C=O) groups is 1. The highest BCUT2D eigenvalue weighted by Gasteiger charge is 2.25. The summed E-state index contributed by atoms with van der Waals surface area (Å²) in [6, 6.07) is 9.78. The Morgan fingerprint density at radius 1 is 1.15 bits per heavy atom. The maximum atomic E-state index is 12.7. The number of nitrogens with one attached hydrogen (secondary N) is 1. The van der Waals surface area contributed by atoms with Crippen LogP contribution in [0.1, 0.15) is 29.8 Å². The number of sulfonamides is 1. The van der Waals surface area contributed by atoms with E-state index in [4.69, 9.17) is 11.6 Å². The number of carbonyl (C=O) groups excluding carboxylic acids is 1. The lowest BCUT2D eigenvalue weighted by molar-refractivity contribution is 0.102. The molecular weight excluding hydrogens is 440 g/mol. The number of hydrogen-bond donors (Lipinski definition) is 1. The third-order valence-electron chi connectivity index (χ3n) is 3.89. The number of hydrogen-bond acceptors (Lipinski definition) is 3. The molecule has 0 heterocycles. The molecule has 2 rings (SSSR count). The first-order valence-electron chi connectivity index (χ1n) is 8.07. The minimum atomic E-state index is -3.76. The Balaban J connectivity index is 2.38. The second kappa shape index (κ2) is 8.52. The van der Waals surface area contributed by atoms with Crippen LogP contribution in [0.15, 0.2) is 45.8 Å². The minimum absolute atomic E-state index is 0.0708. The second-order valence-corrected chi connectivity index (χ2v) is 8.84. The third kappa shape index (κ3) is 4.46. The largest absolute Gasteiger partial charge is 0.321 e. The van der Waals surface area contributed by atoms with Gasteiger partial charge in [-0.2, -0.15) is 4.31 Å². The number of amides is 1. The number of anilines is 1. The SMILES string of the molecule is CCN(CC)S(=O)(=O)c1cc(C(=O)Nc2ccc(C)cc2Br)ccc1Cl. The molecule has 2 aromatic rings. The van der Waals surface area contributed by atoms with E-state index in [1.54, 1.807) is 19.9 Å². The molecule has 1 N–H and O–H groups in total. The van der Waals surface area contributed by atoms with E-state index in [0.29, 0.717) is 18.8 Å². The lowest BCUT2D eigenvalue weighted by atomic mass is 10.2. The van der Waals surface area contributed by atoms with Crippen molar-refractivity contribution in [2.45, 2.75) is 25.7 Å². The molecule has 0 fully saturated rings. The van der Waals surface area contributed by atoms with Crippen molar-refractivity contribution in [3.05, 3.63) is 57.0 Å². The molecule has 0 aromatic heterocycles. The zero-order valence-electron chi connectivity index (χ0n) is 14.7. The number of halogens is 2. The molecule has 0 unspecified atom stereocenters. The van der Waals surface area contributed by atoms with E-state index < -0.39 is 15.9 Å². The van der Waals surface area contributed by atoms with Gasteiger partial charge in [-0.15, -0.1) is 0 Å². The summed E-state index contributed by atoms with van der Waals surface area (Å²) in [5.41, 5.74) is 1.87. The van der Waals surface area contributed by atoms with Crippen molar-refractivity contribution >= 4 is 49.1 Å². The molecule has 5 nitrogen and oxygen atoms in total. The predicted octanol–water partition coefficient (Wildman–Crippen LogP) is 4.69. The van der Waals surface area contributed by atoms with Gasteiger partial charge in [-0.1, -0.05) is 31.5 Å². The smallest absolute Gasteiger partial charge is 0.255 e. The van der Waals surface area contributed by atoms with Gasteiger partial charge in [0.2, 0.25) is 10.0 Å². The Labute approximate surface area is 167 Å². The summed E-state index contributed by atoms with van der Waals surface area (Å²) >= 11 is 9.51. The standard InChI is InChI=1S/C18H20BrClN2O3S/c1-4-22(5-2)26(24,25)17-11-13(7-8-15(17)20)18(23)21-16-9-6-12(3)10-14(16)19/h6-11H,4-5H2,1-3H3,(H,21,23). The van der Waals surface area contributed by atoms with Crippen molar-refractivity contribution in [3.63, 3.8) is 0 Å². The topological polar surface area (TPSA) is 66.5 Å². The summed E-state index contributed by atoms with van der Waals surface area (Å²) in [5.74, 6) is -0.415. The van der Waals surface area contributed by atoms with Gasteiger partial charge in [-0.25, -0.2) is 8.42 Å². The van der Waals surface area contributed by atoms with Crippen LogP contribution in [0.2, 0.25) is 5.02 Å². The Morgan fingerprint density at radius 3 is 2.38 bits per heavy atom. The molecule has 1 amide bonds. The first-order chi connectivity index (χ1) is 12.2. The lowest BCUT2D eigenvalue weighted by Gasteiger charge is -2.19. The van der Waals surface area contributed by atoms with E-state index in [0.717, 1.165) is 10.0 Å². The highest BCUT2D eigenvalue weighted by molar-refractivity contribution is 9.10. The van der Waals surface area contributed by atoms with Gasteiger partial charge in [0.1, 0.15) is 4.90 Å². The van der Waals surface area contributed by atoms with Crippen LogP contribution in [0.5, 0.6) is 0 Å². The number of rotatable bonds is 6. The van der Waals surface area contributed by atoms with Crippen LogP contribution < -0.4 is 5.32 Å². The normalized spacial score (nSPS) is 11.6. The lowest BCUT2D eigenvalue weighted by Crippen LogP contribution is -2.31. The van der Waals surface area contributed by atoms with Crippen molar-refractivity contribution in [2.24, 2.45) is 0 Å². The van der Waals surface area contributed by atoms with Crippen LogP contribution in [0.25, 0.3) is 0 Å². The summed E-state index contributed by atoms with van der Waals surface area (Å²) in [6.45, 7) is 6.09. The Kier molecular flexibility index (Phi) is 6.85. The van der Waals surface area contributed by atoms with Crippen molar-refractivity contribution in [1.29, 1.82) is 0 Å². The molecule has 0 saturated carbocycles. The Hall–Kier alpha value is -1.41. The number of nitrogens with zero attached hydrogens (tertiary/aromatic N) is 1. The molecule has 0 saturated heterocycles. The highest BCUT2D eigenvalue weighted by atomic mass is 79.9. The van der Waals surface area contributed by atoms with Crippen molar-refractivity contribution in [3.8, 4) is 0 Å². The zero-order valence-corrected chi connectivity index (χ0v) is 17.9. The molecule has 0 atom stereocenters. The monoisotopic (exact) mass is 458 g/mol. The van der Waals surface area contributed by atoms with Gasteiger partial charge >= 0.3 is 0 Å².